The topological polar surface area (TPSA) is 51.8 Å². The summed E-state index contributed by atoms with van der Waals surface area (Å²) in [7, 11) is 0. The van der Waals surface area contributed by atoms with Crippen molar-refractivity contribution in [2.45, 2.75) is 20.3 Å². The molecule has 0 aliphatic rings. The molecule has 3 nitrogen and oxygen atoms in total. The maximum Gasteiger partial charge on any atom is 0.149 e. The van der Waals surface area contributed by atoms with Crippen LogP contribution in [-0.2, 0) is 6.42 Å². The van der Waals surface area contributed by atoms with Crippen molar-refractivity contribution in [2.75, 3.05) is 5.73 Å². The number of aryl methyl sites for hydroxylation is 2. The van der Waals surface area contributed by atoms with Crippen LogP contribution in [0.3, 0.4) is 0 Å². The Morgan fingerprint density at radius 2 is 1.81 bits per heavy atom. The molecule has 3 heteroatoms. The number of nitrogens with zero attached hydrogens (tertiary/aromatic N) is 2. The number of hydrogen-bond donors (Lipinski definition) is 1. The first-order chi connectivity index (χ1) is 7.70. The summed E-state index contributed by atoms with van der Waals surface area (Å²) in [6.45, 7) is 4.08. The molecule has 82 valence electrons. The van der Waals surface area contributed by atoms with Crippen molar-refractivity contribution in [3.05, 3.63) is 41.5 Å². The van der Waals surface area contributed by atoms with E-state index in [0.717, 1.165) is 23.2 Å². The highest BCUT2D eigenvalue weighted by molar-refractivity contribution is 5.61. The Balaban J connectivity index is 2.38. The number of rotatable bonds is 2. The second-order valence-corrected chi connectivity index (χ2v) is 3.85. The summed E-state index contributed by atoms with van der Waals surface area (Å²) in [6.07, 6.45) is 1.05. The van der Waals surface area contributed by atoms with Crippen LogP contribution in [0.4, 0.5) is 5.82 Å². The molecule has 16 heavy (non-hydrogen) atoms. The van der Waals surface area contributed by atoms with Crippen molar-refractivity contribution < 1.29 is 0 Å². The maximum absolute atomic E-state index is 5.64. The minimum atomic E-state index is 0.494. The first-order valence-electron chi connectivity index (χ1n) is 5.40. The molecule has 0 aliphatic heterocycles. The summed E-state index contributed by atoms with van der Waals surface area (Å²) in [6, 6.07) is 10.3. The molecule has 0 aliphatic carbocycles. The highest BCUT2D eigenvalue weighted by Gasteiger charge is 2.02. The van der Waals surface area contributed by atoms with Gasteiger partial charge in [0.25, 0.3) is 0 Å². The molecule has 0 radical (unpaired) electrons. The zero-order valence-electron chi connectivity index (χ0n) is 9.57. The van der Waals surface area contributed by atoms with Gasteiger partial charge in [-0.15, -0.1) is 10.2 Å². The Morgan fingerprint density at radius 3 is 2.38 bits per heavy atom. The summed E-state index contributed by atoms with van der Waals surface area (Å²) >= 11 is 0. The molecule has 0 spiro atoms. The second kappa shape index (κ2) is 4.31. The molecule has 2 N–H and O–H groups in total. The smallest absolute Gasteiger partial charge is 0.149 e. The Morgan fingerprint density at radius 1 is 1.12 bits per heavy atom. The lowest BCUT2D eigenvalue weighted by molar-refractivity contribution is 1.03. The van der Waals surface area contributed by atoms with Crippen LogP contribution in [0.2, 0.25) is 0 Å². The standard InChI is InChI=1S/C13H15N3/c1-3-10-4-6-11(7-5-10)12-8-9(2)13(14)16-15-12/h4-8H,3H2,1-2H3,(H2,14,16). The summed E-state index contributed by atoms with van der Waals surface area (Å²) in [5, 5.41) is 8.02. The van der Waals surface area contributed by atoms with Crippen molar-refractivity contribution >= 4 is 5.82 Å². The van der Waals surface area contributed by atoms with Gasteiger partial charge in [-0.1, -0.05) is 31.2 Å². The minimum Gasteiger partial charge on any atom is -0.382 e. The van der Waals surface area contributed by atoms with Crippen molar-refractivity contribution in [1.82, 2.24) is 10.2 Å². The predicted molar refractivity (Wildman–Crippen MR) is 66.0 cm³/mol. The van der Waals surface area contributed by atoms with Crippen molar-refractivity contribution in [2.24, 2.45) is 0 Å². The zero-order chi connectivity index (χ0) is 11.5. The van der Waals surface area contributed by atoms with Gasteiger partial charge in [0.1, 0.15) is 5.82 Å². The fourth-order valence-corrected chi connectivity index (χ4v) is 1.55. The van der Waals surface area contributed by atoms with Crippen LogP contribution in [0.1, 0.15) is 18.1 Å². The highest BCUT2D eigenvalue weighted by Crippen LogP contribution is 2.19. The minimum absolute atomic E-state index is 0.494. The molecule has 0 atom stereocenters. The molecular formula is C13H15N3. The van der Waals surface area contributed by atoms with Crippen molar-refractivity contribution in [1.29, 1.82) is 0 Å². The molecule has 0 saturated carbocycles. The third-order valence-corrected chi connectivity index (χ3v) is 2.68. The summed E-state index contributed by atoms with van der Waals surface area (Å²) < 4.78 is 0. The van der Waals surface area contributed by atoms with Gasteiger partial charge >= 0.3 is 0 Å². The molecule has 1 aromatic heterocycles. The number of aromatic nitrogens is 2. The number of hydrogen-bond acceptors (Lipinski definition) is 3. The quantitative estimate of drug-likeness (QED) is 0.834. The van der Waals surface area contributed by atoms with Gasteiger partial charge in [-0.05, 0) is 30.5 Å². The van der Waals surface area contributed by atoms with E-state index in [0.29, 0.717) is 5.82 Å². The maximum atomic E-state index is 5.64. The molecular weight excluding hydrogens is 198 g/mol. The van der Waals surface area contributed by atoms with E-state index in [9.17, 15) is 0 Å². The molecule has 0 amide bonds. The molecule has 1 aromatic carbocycles. The Kier molecular flexibility index (Phi) is 2.86. The highest BCUT2D eigenvalue weighted by atomic mass is 15.1. The van der Waals surface area contributed by atoms with Gasteiger partial charge in [-0.25, -0.2) is 0 Å². The van der Waals surface area contributed by atoms with Gasteiger partial charge in [-0.3, -0.25) is 0 Å². The Bertz CT molecular complexity index is 489. The molecule has 2 aromatic rings. The second-order valence-electron chi connectivity index (χ2n) is 3.85. The van der Waals surface area contributed by atoms with Gasteiger partial charge in [0.2, 0.25) is 0 Å². The lowest BCUT2D eigenvalue weighted by atomic mass is 10.1. The molecule has 0 unspecified atom stereocenters. The Hall–Kier alpha value is -1.90. The monoisotopic (exact) mass is 213 g/mol. The lowest BCUT2D eigenvalue weighted by Crippen LogP contribution is -1.97. The largest absolute Gasteiger partial charge is 0.382 e. The van der Waals surface area contributed by atoms with E-state index in [2.05, 4.69) is 41.4 Å². The number of anilines is 1. The van der Waals surface area contributed by atoms with Crippen LogP contribution in [0.25, 0.3) is 11.3 Å². The Labute approximate surface area is 95.3 Å². The number of nitrogen functional groups attached to an aromatic ring is 1. The van der Waals surface area contributed by atoms with Crippen LogP contribution < -0.4 is 5.73 Å². The van der Waals surface area contributed by atoms with E-state index in [1.165, 1.54) is 5.56 Å². The van der Waals surface area contributed by atoms with Crippen molar-refractivity contribution in [3.8, 4) is 11.3 Å². The van der Waals surface area contributed by atoms with E-state index in [-0.39, 0.29) is 0 Å². The van der Waals surface area contributed by atoms with Gasteiger partial charge in [0.15, 0.2) is 0 Å². The molecule has 0 fully saturated rings. The van der Waals surface area contributed by atoms with Gasteiger partial charge in [0.05, 0.1) is 5.69 Å². The van der Waals surface area contributed by atoms with Crippen LogP contribution >= 0.6 is 0 Å². The summed E-state index contributed by atoms with van der Waals surface area (Å²) in [5.74, 6) is 0.494. The van der Waals surface area contributed by atoms with E-state index in [4.69, 9.17) is 5.73 Å². The molecule has 2 rings (SSSR count). The van der Waals surface area contributed by atoms with Crippen LogP contribution in [0.15, 0.2) is 30.3 Å². The molecule has 0 saturated heterocycles. The number of benzene rings is 1. The molecule has 0 bridgehead atoms. The van der Waals surface area contributed by atoms with Crippen molar-refractivity contribution in [3.63, 3.8) is 0 Å². The fraction of sp³-hybridized carbons (Fsp3) is 0.231. The summed E-state index contributed by atoms with van der Waals surface area (Å²) in [5.41, 5.74) is 9.87. The van der Waals surface area contributed by atoms with E-state index in [1.807, 2.05) is 13.0 Å². The number of nitrogens with two attached hydrogens (primary N) is 1. The molecule has 1 heterocycles. The van der Waals surface area contributed by atoms with E-state index < -0.39 is 0 Å². The third kappa shape index (κ3) is 2.03. The normalized spacial score (nSPS) is 10.4. The van der Waals surface area contributed by atoms with Crippen LogP contribution in [0, 0.1) is 6.92 Å². The first-order valence-corrected chi connectivity index (χ1v) is 5.40. The van der Waals surface area contributed by atoms with Gasteiger partial charge in [0, 0.05) is 5.56 Å². The van der Waals surface area contributed by atoms with Gasteiger partial charge < -0.3 is 5.73 Å². The summed E-state index contributed by atoms with van der Waals surface area (Å²) in [4.78, 5) is 0. The fourth-order valence-electron chi connectivity index (χ4n) is 1.55. The van der Waals surface area contributed by atoms with Crippen LogP contribution in [0.5, 0.6) is 0 Å². The lowest BCUT2D eigenvalue weighted by Gasteiger charge is -2.04. The zero-order valence-corrected chi connectivity index (χ0v) is 9.57. The predicted octanol–water partition coefficient (Wildman–Crippen LogP) is 2.60. The van der Waals surface area contributed by atoms with Crippen LogP contribution in [-0.4, -0.2) is 10.2 Å². The van der Waals surface area contributed by atoms with Gasteiger partial charge in [-0.2, -0.15) is 0 Å². The van der Waals surface area contributed by atoms with E-state index >= 15 is 0 Å². The average Bonchev–Trinajstić information content (AvgIpc) is 2.33. The SMILES string of the molecule is CCc1ccc(-c2cc(C)c(N)nn2)cc1. The third-order valence-electron chi connectivity index (χ3n) is 2.68. The van der Waals surface area contributed by atoms with E-state index in [1.54, 1.807) is 0 Å². The first kappa shape index (κ1) is 10.6. The average molecular weight is 213 g/mol.